The van der Waals surface area contributed by atoms with Crippen LogP contribution in [0.15, 0.2) is 69.2 Å². The zero-order valence-electron chi connectivity index (χ0n) is 15.1. The molecule has 10 heteroatoms. The number of Topliss-reactive ketones (excluding diaryl/α,β-unsaturated/α-hetero) is 1. The Morgan fingerprint density at radius 2 is 2.10 bits per heavy atom. The Morgan fingerprint density at radius 1 is 1.28 bits per heavy atom. The second kappa shape index (κ2) is 8.29. The molecule has 0 radical (unpaired) electrons. The zero-order valence-corrected chi connectivity index (χ0v) is 17.5. The van der Waals surface area contributed by atoms with E-state index in [0.717, 1.165) is 10.6 Å². The van der Waals surface area contributed by atoms with Crippen molar-refractivity contribution in [1.29, 1.82) is 5.26 Å². The number of rotatable bonds is 5. The minimum absolute atomic E-state index is 0.0398. The summed E-state index contributed by atoms with van der Waals surface area (Å²) < 4.78 is 1.51. The van der Waals surface area contributed by atoms with E-state index < -0.39 is 0 Å². The molecule has 0 saturated carbocycles. The number of hydrogen-bond acceptors (Lipinski definition) is 8. The van der Waals surface area contributed by atoms with Gasteiger partial charge in [0.25, 0.3) is 0 Å². The fraction of sp³-hybridized carbons (Fsp3) is 0.105. The number of nitriles is 1. The van der Waals surface area contributed by atoms with Crippen LogP contribution in [0.3, 0.4) is 0 Å². The number of ketones is 1. The summed E-state index contributed by atoms with van der Waals surface area (Å²) in [5.74, 6) is -0.238. The first-order valence-electron chi connectivity index (χ1n) is 8.44. The standard InChI is InChI=1S/C19H13ClN6OS2/c1-25-15-7-2-3-8-17(15)29-18(25)14(10-21)16(27)11-28-19-22-23-24-26(19)13-6-4-5-12(20)9-13/h2-9H,11H2,1H3/b18-14-. The van der Waals surface area contributed by atoms with Crippen LogP contribution >= 0.6 is 35.1 Å². The molecule has 144 valence electrons. The van der Waals surface area contributed by atoms with E-state index in [1.807, 2.05) is 42.3 Å². The van der Waals surface area contributed by atoms with Crippen molar-refractivity contribution in [3.05, 3.63) is 64.2 Å². The molecule has 0 atom stereocenters. The zero-order chi connectivity index (χ0) is 20.4. The molecular formula is C19H13ClN6OS2. The maximum atomic E-state index is 12.8. The summed E-state index contributed by atoms with van der Waals surface area (Å²) in [6.07, 6.45) is 0. The average molecular weight is 441 g/mol. The molecule has 0 bridgehead atoms. The van der Waals surface area contributed by atoms with Crippen LogP contribution < -0.4 is 4.90 Å². The van der Waals surface area contributed by atoms with Gasteiger partial charge in [-0.2, -0.15) is 9.94 Å². The minimum atomic E-state index is -0.277. The Bertz CT molecular complexity index is 1170. The minimum Gasteiger partial charge on any atom is -0.337 e. The van der Waals surface area contributed by atoms with Crippen LogP contribution in [0.2, 0.25) is 5.02 Å². The Balaban J connectivity index is 1.54. The Hall–Kier alpha value is -2.80. The van der Waals surface area contributed by atoms with Crippen molar-refractivity contribution in [2.24, 2.45) is 0 Å². The van der Waals surface area contributed by atoms with Gasteiger partial charge in [0.2, 0.25) is 5.16 Å². The van der Waals surface area contributed by atoms with Crippen LogP contribution in [0.4, 0.5) is 5.69 Å². The molecule has 1 aliphatic heterocycles. The first kappa shape index (κ1) is 19.5. The fourth-order valence-electron chi connectivity index (χ4n) is 2.79. The molecule has 7 nitrogen and oxygen atoms in total. The van der Waals surface area contributed by atoms with Crippen molar-refractivity contribution in [2.45, 2.75) is 10.1 Å². The van der Waals surface area contributed by atoms with Crippen LogP contribution in [-0.2, 0) is 4.79 Å². The molecule has 3 aromatic rings. The normalized spacial score (nSPS) is 14.4. The highest BCUT2D eigenvalue weighted by molar-refractivity contribution is 8.03. The van der Waals surface area contributed by atoms with E-state index in [1.54, 1.807) is 18.2 Å². The quantitative estimate of drug-likeness (QED) is 0.334. The lowest BCUT2D eigenvalue weighted by Crippen LogP contribution is -2.16. The average Bonchev–Trinajstić information content (AvgIpc) is 3.32. The highest BCUT2D eigenvalue weighted by Crippen LogP contribution is 2.46. The highest BCUT2D eigenvalue weighted by atomic mass is 35.5. The number of para-hydroxylation sites is 1. The van der Waals surface area contributed by atoms with Crippen LogP contribution in [0, 0.1) is 11.3 Å². The third-order valence-electron chi connectivity index (χ3n) is 4.17. The molecular weight excluding hydrogens is 428 g/mol. The molecule has 0 saturated heterocycles. The van der Waals surface area contributed by atoms with Gasteiger partial charge in [-0.15, -0.1) is 5.10 Å². The molecule has 1 aromatic heterocycles. The van der Waals surface area contributed by atoms with Gasteiger partial charge in [-0.05, 0) is 40.8 Å². The van der Waals surface area contributed by atoms with Gasteiger partial charge in [-0.1, -0.05) is 53.3 Å². The molecule has 4 rings (SSSR count). The van der Waals surface area contributed by atoms with Crippen LogP contribution in [-0.4, -0.2) is 38.8 Å². The van der Waals surface area contributed by atoms with E-state index in [1.165, 1.54) is 28.2 Å². The van der Waals surface area contributed by atoms with Crippen LogP contribution in [0.25, 0.3) is 5.69 Å². The number of anilines is 1. The van der Waals surface area contributed by atoms with Gasteiger partial charge in [0, 0.05) is 17.0 Å². The second-order valence-electron chi connectivity index (χ2n) is 5.99. The molecule has 29 heavy (non-hydrogen) atoms. The number of nitrogens with zero attached hydrogens (tertiary/aromatic N) is 6. The Morgan fingerprint density at radius 3 is 2.86 bits per heavy atom. The van der Waals surface area contributed by atoms with E-state index in [4.69, 9.17) is 11.6 Å². The van der Waals surface area contributed by atoms with Gasteiger partial charge in [0.05, 0.1) is 17.1 Å². The number of benzene rings is 2. The summed E-state index contributed by atoms with van der Waals surface area (Å²) in [6, 6.07) is 17.0. The maximum Gasteiger partial charge on any atom is 0.214 e. The lowest BCUT2D eigenvalue weighted by molar-refractivity contribution is -0.112. The number of thioether (sulfide) groups is 2. The largest absolute Gasteiger partial charge is 0.337 e. The summed E-state index contributed by atoms with van der Waals surface area (Å²) in [5, 5.41) is 22.9. The number of hydrogen-bond donors (Lipinski definition) is 0. The smallest absolute Gasteiger partial charge is 0.214 e. The maximum absolute atomic E-state index is 12.8. The molecule has 2 aromatic carbocycles. The van der Waals surface area contributed by atoms with Crippen molar-refractivity contribution in [1.82, 2.24) is 20.2 Å². The summed E-state index contributed by atoms with van der Waals surface area (Å²) in [7, 11) is 1.85. The predicted molar refractivity (Wildman–Crippen MR) is 113 cm³/mol. The van der Waals surface area contributed by atoms with Crippen molar-refractivity contribution in [3.63, 3.8) is 0 Å². The topological polar surface area (TPSA) is 87.7 Å². The van der Waals surface area contributed by atoms with Gasteiger partial charge < -0.3 is 4.90 Å². The summed E-state index contributed by atoms with van der Waals surface area (Å²) in [5.41, 5.74) is 1.80. The molecule has 0 fully saturated rings. The number of allylic oxidation sites excluding steroid dienone is 1. The second-order valence-corrected chi connectivity index (χ2v) is 8.40. The third-order valence-corrected chi connectivity index (χ3v) is 6.56. The Kier molecular flexibility index (Phi) is 5.58. The van der Waals surface area contributed by atoms with Crippen molar-refractivity contribution < 1.29 is 4.79 Å². The van der Waals surface area contributed by atoms with E-state index in [9.17, 15) is 10.1 Å². The molecule has 0 amide bonds. The molecule has 1 aliphatic rings. The van der Waals surface area contributed by atoms with Crippen LogP contribution in [0.5, 0.6) is 0 Å². The number of carbonyl (C=O) groups excluding carboxylic acids is 1. The number of fused-ring (bicyclic) bond motifs is 1. The van der Waals surface area contributed by atoms with Crippen molar-refractivity contribution in [2.75, 3.05) is 17.7 Å². The number of tetrazole rings is 1. The number of carbonyl (C=O) groups is 1. The van der Waals surface area contributed by atoms with Crippen molar-refractivity contribution in [3.8, 4) is 11.8 Å². The van der Waals surface area contributed by atoms with Crippen LogP contribution in [0.1, 0.15) is 0 Å². The summed E-state index contributed by atoms with van der Waals surface area (Å²) in [6.45, 7) is 0. The van der Waals surface area contributed by atoms with Crippen molar-refractivity contribution >= 4 is 46.6 Å². The summed E-state index contributed by atoms with van der Waals surface area (Å²) in [4.78, 5) is 15.7. The molecule has 0 N–H and O–H groups in total. The van der Waals surface area contributed by atoms with Gasteiger partial charge >= 0.3 is 0 Å². The number of aromatic nitrogens is 4. The predicted octanol–water partition coefficient (Wildman–Crippen LogP) is 3.95. The van der Waals surface area contributed by atoms with E-state index in [2.05, 4.69) is 21.6 Å². The molecule has 0 spiro atoms. The molecule has 0 unspecified atom stereocenters. The molecule has 0 aliphatic carbocycles. The lowest BCUT2D eigenvalue weighted by atomic mass is 10.2. The van der Waals surface area contributed by atoms with Gasteiger partial charge in [0.1, 0.15) is 16.7 Å². The number of halogens is 1. The monoisotopic (exact) mass is 440 g/mol. The Labute approximate surface area is 180 Å². The fourth-order valence-corrected chi connectivity index (χ4v) is 4.90. The van der Waals surface area contributed by atoms with Gasteiger partial charge in [0.15, 0.2) is 5.78 Å². The third kappa shape index (κ3) is 3.87. The van der Waals surface area contributed by atoms with Gasteiger partial charge in [-0.3, -0.25) is 4.79 Å². The highest BCUT2D eigenvalue weighted by Gasteiger charge is 2.28. The van der Waals surface area contributed by atoms with E-state index in [0.29, 0.717) is 20.9 Å². The lowest BCUT2D eigenvalue weighted by Gasteiger charge is -2.14. The van der Waals surface area contributed by atoms with Gasteiger partial charge in [-0.25, -0.2) is 0 Å². The summed E-state index contributed by atoms with van der Waals surface area (Å²) >= 11 is 8.63. The van der Waals surface area contributed by atoms with E-state index >= 15 is 0 Å². The van der Waals surface area contributed by atoms with E-state index in [-0.39, 0.29) is 17.1 Å². The first-order chi connectivity index (χ1) is 14.1. The SMILES string of the molecule is CN1/C(=C(\C#N)C(=O)CSc2nnnn2-c2cccc(Cl)c2)Sc2ccccc21. The molecule has 2 heterocycles. The first-order valence-corrected chi connectivity index (χ1v) is 10.6.